The van der Waals surface area contributed by atoms with Gasteiger partial charge in [-0.25, -0.2) is 0 Å². The SMILES string of the molecule is CC(C)(C)c1ccc2nnc(C3CCN(Cc4nnc(C(F)(F)F)o4)CC3)n2n1. The molecule has 29 heavy (non-hydrogen) atoms. The van der Waals surface area contributed by atoms with Crippen molar-refractivity contribution in [1.29, 1.82) is 0 Å². The van der Waals surface area contributed by atoms with Gasteiger partial charge in [-0.3, -0.25) is 4.90 Å². The lowest BCUT2D eigenvalue weighted by atomic mass is 9.92. The normalized spacial score (nSPS) is 17.3. The Morgan fingerprint density at radius 3 is 2.38 bits per heavy atom. The molecule has 1 fully saturated rings. The fourth-order valence-electron chi connectivity index (χ4n) is 3.43. The van der Waals surface area contributed by atoms with Gasteiger partial charge in [-0.1, -0.05) is 20.8 Å². The van der Waals surface area contributed by atoms with E-state index in [0.717, 1.165) is 24.4 Å². The summed E-state index contributed by atoms with van der Waals surface area (Å²) in [4.78, 5) is 2.00. The number of nitrogens with zero attached hydrogens (tertiary/aromatic N) is 7. The van der Waals surface area contributed by atoms with E-state index < -0.39 is 12.1 Å². The van der Waals surface area contributed by atoms with Crippen LogP contribution in [0.2, 0.25) is 0 Å². The number of alkyl halides is 3. The number of halogens is 3. The maximum Gasteiger partial charge on any atom is 0.470 e. The molecule has 0 unspecified atom stereocenters. The van der Waals surface area contributed by atoms with Gasteiger partial charge in [0.15, 0.2) is 11.5 Å². The molecule has 0 N–H and O–H groups in total. The van der Waals surface area contributed by atoms with E-state index >= 15 is 0 Å². The molecule has 156 valence electrons. The highest BCUT2D eigenvalue weighted by Crippen LogP contribution is 2.30. The summed E-state index contributed by atoms with van der Waals surface area (Å²) in [5, 5.41) is 19.9. The number of rotatable bonds is 3. The summed E-state index contributed by atoms with van der Waals surface area (Å²) in [7, 11) is 0. The molecule has 0 spiro atoms. The largest absolute Gasteiger partial charge is 0.470 e. The van der Waals surface area contributed by atoms with Crippen LogP contribution in [0.15, 0.2) is 16.5 Å². The second-order valence-corrected chi connectivity index (χ2v) is 8.35. The van der Waals surface area contributed by atoms with Gasteiger partial charge in [-0.2, -0.15) is 22.8 Å². The first-order chi connectivity index (χ1) is 13.6. The Hall–Kier alpha value is -2.56. The maximum absolute atomic E-state index is 12.6. The summed E-state index contributed by atoms with van der Waals surface area (Å²) in [5.74, 6) is -0.335. The average molecular weight is 409 g/mol. The summed E-state index contributed by atoms with van der Waals surface area (Å²) in [6, 6.07) is 3.89. The van der Waals surface area contributed by atoms with Gasteiger partial charge < -0.3 is 4.42 Å². The number of hydrogen-bond acceptors (Lipinski definition) is 7. The summed E-state index contributed by atoms with van der Waals surface area (Å²) < 4.78 is 44.3. The van der Waals surface area contributed by atoms with Crippen molar-refractivity contribution in [2.75, 3.05) is 13.1 Å². The Morgan fingerprint density at radius 2 is 1.76 bits per heavy atom. The second kappa shape index (κ2) is 7.05. The number of aromatic nitrogens is 6. The summed E-state index contributed by atoms with van der Waals surface area (Å²) >= 11 is 0. The van der Waals surface area contributed by atoms with Gasteiger partial charge in [0.25, 0.3) is 0 Å². The van der Waals surface area contributed by atoms with E-state index in [1.807, 2.05) is 21.5 Å². The quantitative estimate of drug-likeness (QED) is 0.657. The van der Waals surface area contributed by atoms with Crippen LogP contribution in [-0.2, 0) is 18.1 Å². The maximum atomic E-state index is 12.6. The minimum Gasteiger partial charge on any atom is -0.416 e. The smallest absolute Gasteiger partial charge is 0.416 e. The summed E-state index contributed by atoms with van der Waals surface area (Å²) in [6.07, 6.45) is -3.03. The molecule has 1 aliphatic rings. The van der Waals surface area contributed by atoms with Crippen molar-refractivity contribution < 1.29 is 17.6 Å². The zero-order valence-corrected chi connectivity index (χ0v) is 16.4. The number of fused-ring (bicyclic) bond motifs is 1. The van der Waals surface area contributed by atoms with Crippen molar-refractivity contribution >= 4 is 5.65 Å². The van der Waals surface area contributed by atoms with E-state index in [-0.39, 0.29) is 23.8 Å². The second-order valence-electron chi connectivity index (χ2n) is 8.35. The lowest BCUT2D eigenvalue weighted by Gasteiger charge is -2.30. The first-order valence-corrected chi connectivity index (χ1v) is 9.46. The van der Waals surface area contributed by atoms with Crippen molar-refractivity contribution in [3.05, 3.63) is 35.4 Å². The Labute approximate surface area is 165 Å². The molecule has 3 aromatic heterocycles. The first-order valence-electron chi connectivity index (χ1n) is 9.46. The molecule has 0 amide bonds. The van der Waals surface area contributed by atoms with Gasteiger partial charge in [0.05, 0.1) is 12.2 Å². The van der Waals surface area contributed by atoms with E-state index in [9.17, 15) is 13.2 Å². The fraction of sp³-hybridized carbons (Fsp3) is 0.611. The number of likely N-dealkylation sites (tertiary alicyclic amines) is 1. The molecule has 0 aliphatic carbocycles. The Bertz CT molecular complexity index is 997. The van der Waals surface area contributed by atoms with Crippen LogP contribution in [0.5, 0.6) is 0 Å². The molecule has 3 aromatic rings. The van der Waals surface area contributed by atoms with Crippen molar-refractivity contribution in [3.8, 4) is 0 Å². The molecule has 0 aromatic carbocycles. The molecule has 4 heterocycles. The molecule has 1 aliphatic heterocycles. The van der Waals surface area contributed by atoms with E-state index in [0.29, 0.717) is 18.7 Å². The third-order valence-corrected chi connectivity index (χ3v) is 5.08. The van der Waals surface area contributed by atoms with Gasteiger partial charge in [0.1, 0.15) is 0 Å². The molecule has 0 saturated carbocycles. The Balaban J connectivity index is 1.44. The third kappa shape index (κ3) is 4.09. The van der Waals surface area contributed by atoms with Crippen LogP contribution in [0.4, 0.5) is 13.2 Å². The minimum atomic E-state index is -4.62. The minimum absolute atomic E-state index is 0.0276. The van der Waals surface area contributed by atoms with Crippen LogP contribution >= 0.6 is 0 Å². The van der Waals surface area contributed by atoms with Crippen LogP contribution in [0.25, 0.3) is 5.65 Å². The van der Waals surface area contributed by atoms with E-state index in [2.05, 4.69) is 41.2 Å². The fourth-order valence-corrected chi connectivity index (χ4v) is 3.43. The van der Waals surface area contributed by atoms with Gasteiger partial charge in [0.2, 0.25) is 5.89 Å². The molecular weight excluding hydrogens is 387 g/mol. The van der Waals surface area contributed by atoms with Gasteiger partial charge >= 0.3 is 12.1 Å². The standard InChI is InChI=1S/C18H22F3N7O/c1-17(2,3)12-4-5-13-22-24-15(28(13)26-12)11-6-8-27(9-7-11)10-14-23-25-16(29-14)18(19,20)21/h4-5,11H,6-10H2,1-3H3. The first kappa shape index (κ1) is 19.7. The monoisotopic (exact) mass is 409 g/mol. The molecule has 0 atom stereocenters. The number of hydrogen-bond donors (Lipinski definition) is 0. The van der Waals surface area contributed by atoms with Crippen LogP contribution in [-0.4, -0.2) is 48.0 Å². The molecular formula is C18H22F3N7O. The highest BCUT2D eigenvalue weighted by atomic mass is 19.4. The van der Waals surface area contributed by atoms with Gasteiger partial charge in [0, 0.05) is 11.3 Å². The zero-order chi connectivity index (χ0) is 20.8. The highest BCUT2D eigenvalue weighted by Gasteiger charge is 2.38. The van der Waals surface area contributed by atoms with Crippen LogP contribution < -0.4 is 0 Å². The highest BCUT2D eigenvalue weighted by molar-refractivity contribution is 5.37. The zero-order valence-electron chi connectivity index (χ0n) is 16.4. The molecule has 4 rings (SSSR count). The lowest BCUT2D eigenvalue weighted by Crippen LogP contribution is -2.33. The van der Waals surface area contributed by atoms with E-state index in [1.165, 1.54) is 0 Å². The van der Waals surface area contributed by atoms with Gasteiger partial charge in [-0.05, 0) is 38.1 Å². The predicted octanol–water partition coefficient (Wildman–Crippen LogP) is 3.20. The molecule has 0 bridgehead atoms. The van der Waals surface area contributed by atoms with E-state index in [4.69, 9.17) is 9.52 Å². The molecule has 0 radical (unpaired) electrons. The predicted molar refractivity (Wildman–Crippen MR) is 96.0 cm³/mol. The lowest BCUT2D eigenvalue weighted by molar-refractivity contribution is -0.157. The molecule has 8 nitrogen and oxygen atoms in total. The van der Waals surface area contributed by atoms with Crippen molar-refractivity contribution in [2.45, 2.75) is 57.7 Å². The van der Waals surface area contributed by atoms with Crippen LogP contribution in [0.1, 0.15) is 62.8 Å². The van der Waals surface area contributed by atoms with Crippen molar-refractivity contribution in [3.63, 3.8) is 0 Å². The summed E-state index contributed by atoms with van der Waals surface area (Å²) in [5.41, 5.74) is 1.58. The Kier molecular flexibility index (Phi) is 4.80. The topological polar surface area (TPSA) is 85.2 Å². The average Bonchev–Trinajstić information content (AvgIpc) is 3.28. The summed E-state index contributed by atoms with van der Waals surface area (Å²) in [6.45, 7) is 7.87. The van der Waals surface area contributed by atoms with Crippen LogP contribution in [0.3, 0.4) is 0 Å². The molecule has 11 heteroatoms. The van der Waals surface area contributed by atoms with Crippen molar-refractivity contribution in [2.24, 2.45) is 0 Å². The van der Waals surface area contributed by atoms with Crippen molar-refractivity contribution in [1.82, 2.24) is 34.9 Å². The Morgan fingerprint density at radius 1 is 1.03 bits per heavy atom. The number of piperidine rings is 1. The third-order valence-electron chi connectivity index (χ3n) is 5.08. The van der Waals surface area contributed by atoms with Gasteiger partial charge in [-0.15, -0.1) is 20.4 Å². The van der Waals surface area contributed by atoms with Crippen LogP contribution in [0, 0.1) is 0 Å². The molecule has 1 saturated heterocycles. The van der Waals surface area contributed by atoms with E-state index in [1.54, 1.807) is 0 Å².